The van der Waals surface area contributed by atoms with Crippen molar-refractivity contribution in [2.45, 2.75) is 38.8 Å². The molecular weight excluding hydrogens is 534 g/mol. The number of unbranched alkanes of at least 4 members (excludes halogenated alkanes) is 1. The summed E-state index contributed by atoms with van der Waals surface area (Å²) in [6.45, 7) is 6.99. The van der Waals surface area contributed by atoms with Crippen molar-refractivity contribution in [3.63, 3.8) is 0 Å². The molecule has 222 valence electrons. The smallest absolute Gasteiger partial charge is 0.252 e. The van der Waals surface area contributed by atoms with Crippen LogP contribution in [0.4, 0.5) is 0 Å². The number of aryl methyl sites for hydroxylation is 1. The Hall–Kier alpha value is -4.66. The Morgan fingerprint density at radius 2 is 1.64 bits per heavy atom. The molecule has 4 aromatic rings. The van der Waals surface area contributed by atoms with Gasteiger partial charge in [0.25, 0.3) is 5.91 Å². The lowest BCUT2D eigenvalue weighted by molar-refractivity contribution is 0.0936. The minimum Gasteiger partial charge on any atom is -0.493 e. The van der Waals surface area contributed by atoms with Gasteiger partial charge in [0, 0.05) is 12.1 Å². The van der Waals surface area contributed by atoms with Gasteiger partial charge in [0.05, 0.1) is 52.1 Å². The summed E-state index contributed by atoms with van der Waals surface area (Å²) < 4.78 is 29.9. The molecule has 4 rings (SSSR count). The molecule has 0 spiro atoms. The Labute approximate surface area is 247 Å². The molecule has 1 heterocycles. The van der Waals surface area contributed by atoms with E-state index in [0.717, 1.165) is 54.0 Å². The zero-order chi connectivity index (χ0) is 30.1. The maximum absolute atomic E-state index is 13.3. The van der Waals surface area contributed by atoms with Gasteiger partial charge in [-0.1, -0.05) is 24.3 Å². The minimum absolute atomic E-state index is 0.276. The number of methoxy groups -OCH3 is 4. The molecule has 0 aliphatic heterocycles. The van der Waals surface area contributed by atoms with E-state index in [1.807, 2.05) is 55.5 Å². The molecule has 1 amide bonds. The van der Waals surface area contributed by atoms with E-state index in [9.17, 15) is 4.79 Å². The second-order valence-corrected chi connectivity index (χ2v) is 9.75. The number of hydrogen-bond donors (Lipinski definition) is 1. The number of amides is 1. The third kappa shape index (κ3) is 6.79. The number of allylic oxidation sites excluding steroid dienone is 1. The van der Waals surface area contributed by atoms with E-state index >= 15 is 0 Å². The van der Waals surface area contributed by atoms with Gasteiger partial charge in [0.1, 0.15) is 5.82 Å². The first-order chi connectivity index (χ1) is 20.4. The van der Waals surface area contributed by atoms with Crippen LogP contribution >= 0.6 is 0 Å². The maximum Gasteiger partial charge on any atom is 0.252 e. The molecule has 1 atom stereocenters. The van der Waals surface area contributed by atoms with E-state index < -0.39 is 0 Å². The Kier molecular flexibility index (Phi) is 10.3. The monoisotopic (exact) mass is 573 g/mol. The molecule has 3 aromatic carbocycles. The second kappa shape index (κ2) is 14.3. The fourth-order valence-electron chi connectivity index (χ4n) is 4.90. The average Bonchev–Trinajstić information content (AvgIpc) is 3.39. The highest BCUT2D eigenvalue weighted by Crippen LogP contribution is 2.38. The van der Waals surface area contributed by atoms with Gasteiger partial charge in [0.2, 0.25) is 5.75 Å². The third-order valence-corrected chi connectivity index (χ3v) is 6.99. The predicted molar refractivity (Wildman–Crippen MR) is 163 cm³/mol. The highest BCUT2D eigenvalue weighted by Gasteiger charge is 2.22. The molecule has 9 heteroatoms. The Morgan fingerprint density at radius 1 is 0.929 bits per heavy atom. The Balaban J connectivity index is 1.45. The van der Waals surface area contributed by atoms with Gasteiger partial charge in [0.15, 0.2) is 23.0 Å². The van der Waals surface area contributed by atoms with Crippen LogP contribution in [0.2, 0.25) is 0 Å². The standard InChI is InChI=1S/C33H39N3O6/c1-7-12-23-15-16-27(28(19-23)38-3)42-18-11-10-17-36-26-14-9-8-13-25(26)35-32(36)22(2)34-33(37)24-20-29(39-4)31(41-6)30(21-24)40-5/h7-9,13-16,19-22H,1,10-12,17-18H2,2-6H3,(H,34,37). The molecule has 0 saturated carbocycles. The molecule has 1 aromatic heterocycles. The molecule has 0 bridgehead atoms. The van der Waals surface area contributed by atoms with Crippen molar-refractivity contribution in [1.29, 1.82) is 0 Å². The number of imidazole rings is 1. The van der Waals surface area contributed by atoms with Crippen LogP contribution in [0.5, 0.6) is 28.7 Å². The molecule has 1 unspecified atom stereocenters. The van der Waals surface area contributed by atoms with Crippen LogP contribution in [0.25, 0.3) is 11.0 Å². The SMILES string of the molecule is C=CCc1ccc(OCCCCn2c(C(C)NC(=O)c3cc(OC)c(OC)c(OC)c3)nc3ccccc32)c(OC)c1. The quantitative estimate of drug-likeness (QED) is 0.135. The van der Waals surface area contributed by atoms with E-state index in [1.54, 1.807) is 19.2 Å². The molecule has 42 heavy (non-hydrogen) atoms. The number of para-hydroxylation sites is 2. The number of benzene rings is 3. The van der Waals surface area contributed by atoms with Crippen molar-refractivity contribution >= 4 is 16.9 Å². The van der Waals surface area contributed by atoms with E-state index in [1.165, 1.54) is 21.3 Å². The first-order valence-electron chi connectivity index (χ1n) is 13.9. The zero-order valence-corrected chi connectivity index (χ0v) is 24.9. The van der Waals surface area contributed by atoms with Crippen molar-refractivity contribution in [1.82, 2.24) is 14.9 Å². The van der Waals surface area contributed by atoms with Gasteiger partial charge in [-0.2, -0.15) is 0 Å². The summed E-state index contributed by atoms with van der Waals surface area (Å²) in [6.07, 6.45) is 4.33. The number of nitrogens with one attached hydrogen (secondary N) is 1. The Morgan fingerprint density at radius 3 is 2.31 bits per heavy atom. The molecule has 0 fully saturated rings. The fourth-order valence-corrected chi connectivity index (χ4v) is 4.90. The number of carbonyl (C=O) groups is 1. The predicted octanol–water partition coefficient (Wildman–Crippen LogP) is 6.15. The first kappa shape index (κ1) is 30.3. The Bertz CT molecular complexity index is 1500. The molecule has 1 N–H and O–H groups in total. The van der Waals surface area contributed by atoms with E-state index in [-0.39, 0.29) is 11.9 Å². The van der Waals surface area contributed by atoms with Crippen LogP contribution in [0.3, 0.4) is 0 Å². The summed E-state index contributed by atoms with van der Waals surface area (Å²) in [4.78, 5) is 18.2. The lowest BCUT2D eigenvalue weighted by atomic mass is 10.1. The van der Waals surface area contributed by atoms with Crippen molar-refractivity contribution < 1.29 is 28.5 Å². The van der Waals surface area contributed by atoms with Crippen molar-refractivity contribution in [2.24, 2.45) is 0 Å². The van der Waals surface area contributed by atoms with Crippen LogP contribution in [0.1, 0.15) is 47.6 Å². The number of rotatable bonds is 15. The van der Waals surface area contributed by atoms with E-state index in [2.05, 4.69) is 16.5 Å². The van der Waals surface area contributed by atoms with E-state index in [0.29, 0.717) is 35.2 Å². The maximum atomic E-state index is 13.3. The van der Waals surface area contributed by atoms with Crippen LogP contribution in [0, 0.1) is 0 Å². The van der Waals surface area contributed by atoms with Gasteiger partial charge >= 0.3 is 0 Å². The number of aromatic nitrogens is 2. The van der Waals surface area contributed by atoms with Gasteiger partial charge < -0.3 is 33.6 Å². The number of fused-ring (bicyclic) bond motifs is 1. The second-order valence-electron chi connectivity index (χ2n) is 9.75. The van der Waals surface area contributed by atoms with Crippen molar-refractivity contribution in [3.05, 3.63) is 84.2 Å². The van der Waals surface area contributed by atoms with Crippen molar-refractivity contribution in [3.8, 4) is 28.7 Å². The summed E-state index contributed by atoms with van der Waals surface area (Å²) in [5.74, 6) is 3.19. The summed E-state index contributed by atoms with van der Waals surface area (Å²) in [6, 6.07) is 16.8. The minimum atomic E-state index is -0.362. The molecule has 9 nitrogen and oxygen atoms in total. The molecule has 0 aliphatic carbocycles. The summed E-state index contributed by atoms with van der Waals surface area (Å²) >= 11 is 0. The third-order valence-electron chi connectivity index (χ3n) is 6.99. The van der Waals surface area contributed by atoms with Gasteiger partial charge in [-0.05, 0) is 68.1 Å². The van der Waals surface area contributed by atoms with Crippen LogP contribution in [-0.2, 0) is 13.0 Å². The van der Waals surface area contributed by atoms with Crippen LogP contribution in [0.15, 0.2) is 67.3 Å². The largest absolute Gasteiger partial charge is 0.493 e. The summed E-state index contributed by atoms with van der Waals surface area (Å²) in [5, 5.41) is 3.08. The molecular formula is C33H39N3O6. The topological polar surface area (TPSA) is 93.1 Å². The number of hydrogen-bond acceptors (Lipinski definition) is 7. The lowest BCUT2D eigenvalue weighted by Gasteiger charge is -2.18. The van der Waals surface area contributed by atoms with E-state index in [4.69, 9.17) is 28.7 Å². The summed E-state index contributed by atoms with van der Waals surface area (Å²) in [7, 11) is 6.21. The lowest BCUT2D eigenvalue weighted by Crippen LogP contribution is -2.29. The van der Waals surface area contributed by atoms with Crippen molar-refractivity contribution in [2.75, 3.05) is 35.0 Å². The van der Waals surface area contributed by atoms with Crippen LogP contribution < -0.4 is 29.0 Å². The number of nitrogens with zero attached hydrogens (tertiary/aromatic N) is 2. The highest BCUT2D eigenvalue weighted by atomic mass is 16.5. The van der Waals surface area contributed by atoms with Gasteiger partial charge in [-0.15, -0.1) is 6.58 Å². The first-order valence-corrected chi connectivity index (χ1v) is 13.9. The fraction of sp³-hybridized carbons (Fsp3) is 0.333. The number of ether oxygens (including phenoxy) is 5. The molecule has 0 radical (unpaired) electrons. The van der Waals surface area contributed by atoms with Gasteiger partial charge in [-0.25, -0.2) is 4.98 Å². The number of carbonyl (C=O) groups excluding carboxylic acids is 1. The molecule has 0 aliphatic rings. The zero-order valence-electron chi connectivity index (χ0n) is 24.9. The molecule has 0 saturated heterocycles. The average molecular weight is 574 g/mol. The van der Waals surface area contributed by atoms with Gasteiger partial charge in [-0.3, -0.25) is 4.79 Å². The summed E-state index contributed by atoms with van der Waals surface area (Å²) in [5.41, 5.74) is 3.41. The highest BCUT2D eigenvalue weighted by molar-refractivity contribution is 5.96. The normalized spacial score (nSPS) is 11.5. The van der Waals surface area contributed by atoms with Crippen LogP contribution in [-0.4, -0.2) is 50.5 Å².